The number of methoxy groups -OCH3 is 2. The van der Waals surface area contributed by atoms with Crippen LogP contribution in [0, 0.1) is 18.3 Å². The van der Waals surface area contributed by atoms with Crippen LogP contribution in [0.5, 0.6) is 11.5 Å². The number of sulfonamides is 1. The molecule has 12 nitrogen and oxygen atoms in total. The summed E-state index contributed by atoms with van der Waals surface area (Å²) < 4.78 is 48.9. The SMILES string of the molecule is COc1cccc(OC)c1-n1c(-c2ccc(C)o2)nnc1N(CC[Si](C)(C)C)S(=O)(=O)C(C)C(O)c1ccc(C#N)cn1. The number of rotatable bonds is 12. The zero-order valence-corrected chi connectivity index (χ0v) is 27.1. The van der Waals surface area contributed by atoms with E-state index in [1.165, 1.54) is 43.8 Å². The van der Waals surface area contributed by atoms with Crippen molar-refractivity contribution >= 4 is 24.0 Å². The smallest absolute Gasteiger partial charge is 0.246 e. The van der Waals surface area contributed by atoms with E-state index in [4.69, 9.17) is 19.2 Å². The number of aliphatic hydroxyl groups is 1. The summed E-state index contributed by atoms with van der Waals surface area (Å²) in [5, 5.41) is 27.8. The molecule has 1 aromatic carbocycles. The molecule has 3 heterocycles. The van der Waals surface area contributed by atoms with Crippen LogP contribution in [0.2, 0.25) is 25.7 Å². The van der Waals surface area contributed by atoms with Gasteiger partial charge < -0.3 is 19.0 Å². The lowest BCUT2D eigenvalue weighted by Crippen LogP contribution is -2.44. The van der Waals surface area contributed by atoms with E-state index in [0.29, 0.717) is 40.3 Å². The van der Waals surface area contributed by atoms with Gasteiger partial charge in [-0.25, -0.2) is 12.7 Å². The molecule has 0 aliphatic carbocycles. The highest BCUT2D eigenvalue weighted by Crippen LogP contribution is 2.40. The first-order chi connectivity index (χ1) is 20.3. The summed E-state index contributed by atoms with van der Waals surface area (Å²) in [4.78, 5) is 4.13. The van der Waals surface area contributed by atoms with Crippen LogP contribution in [0.4, 0.5) is 5.95 Å². The Morgan fingerprint density at radius 2 is 1.77 bits per heavy atom. The molecule has 2 atom stereocenters. The molecule has 43 heavy (non-hydrogen) atoms. The Kier molecular flexibility index (Phi) is 9.28. The summed E-state index contributed by atoms with van der Waals surface area (Å²) in [6, 6.07) is 14.2. The van der Waals surface area contributed by atoms with E-state index in [1.807, 2.05) is 6.07 Å². The van der Waals surface area contributed by atoms with Crippen LogP contribution < -0.4 is 13.8 Å². The number of nitrogens with zero attached hydrogens (tertiary/aromatic N) is 6. The lowest BCUT2D eigenvalue weighted by molar-refractivity contribution is 0.171. The van der Waals surface area contributed by atoms with Gasteiger partial charge in [0.25, 0.3) is 0 Å². The number of furan rings is 1. The van der Waals surface area contributed by atoms with E-state index in [2.05, 4.69) is 34.8 Å². The molecular weight excluding hydrogens is 589 g/mol. The Hall–Kier alpha value is -4.19. The fraction of sp³-hybridized carbons (Fsp3) is 0.379. The van der Waals surface area contributed by atoms with Crippen LogP contribution in [0.15, 0.2) is 53.1 Å². The minimum absolute atomic E-state index is 0.0167. The molecule has 0 spiro atoms. The normalized spacial score (nSPS) is 13.3. The van der Waals surface area contributed by atoms with Gasteiger partial charge in [-0.2, -0.15) is 5.26 Å². The van der Waals surface area contributed by atoms with Crippen molar-refractivity contribution in [1.29, 1.82) is 5.26 Å². The molecule has 0 bridgehead atoms. The van der Waals surface area contributed by atoms with Gasteiger partial charge in [-0.05, 0) is 56.3 Å². The highest BCUT2D eigenvalue weighted by atomic mass is 32.2. The number of aromatic nitrogens is 4. The molecule has 4 rings (SSSR count). The number of pyridine rings is 1. The van der Waals surface area contributed by atoms with Gasteiger partial charge in [0.2, 0.25) is 21.8 Å². The van der Waals surface area contributed by atoms with Crippen LogP contribution in [-0.2, 0) is 10.0 Å². The Labute approximate surface area is 252 Å². The van der Waals surface area contributed by atoms with Gasteiger partial charge in [-0.1, -0.05) is 25.7 Å². The fourth-order valence-electron chi connectivity index (χ4n) is 4.44. The summed E-state index contributed by atoms with van der Waals surface area (Å²) >= 11 is 0. The third-order valence-corrected chi connectivity index (χ3v) is 10.8. The minimum Gasteiger partial charge on any atom is -0.494 e. The van der Waals surface area contributed by atoms with Gasteiger partial charge in [0.15, 0.2) is 5.76 Å². The van der Waals surface area contributed by atoms with E-state index in [-0.39, 0.29) is 24.0 Å². The number of anilines is 1. The summed E-state index contributed by atoms with van der Waals surface area (Å²) in [7, 11) is -3.10. The monoisotopic (exact) mass is 624 g/mol. The molecule has 1 N–H and O–H groups in total. The Bertz CT molecular complexity index is 1700. The van der Waals surface area contributed by atoms with Crippen molar-refractivity contribution in [2.75, 3.05) is 25.1 Å². The van der Waals surface area contributed by atoms with Crippen LogP contribution in [0.3, 0.4) is 0 Å². The van der Waals surface area contributed by atoms with E-state index < -0.39 is 29.5 Å². The molecule has 0 radical (unpaired) electrons. The van der Waals surface area contributed by atoms with Crippen molar-refractivity contribution in [1.82, 2.24) is 19.7 Å². The quantitative estimate of drug-likeness (QED) is 0.219. The average molecular weight is 625 g/mol. The number of ether oxygens (including phenoxy) is 2. The van der Waals surface area contributed by atoms with Crippen LogP contribution >= 0.6 is 0 Å². The lowest BCUT2D eigenvalue weighted by atomic mass is 10.1. The van der Waals surface area contributed by atoms with E-state index in [0.717, 1.165) is 0 Å². The molecular formula is C29H36N6O6SSi. The maximum Gasteiger partial charge on any atom is 0.246 e. The van der Waals surface area contributed by atoms with Gasteiger partial charge >= 0.3 is 0 Å². The molecule has 3 aromatic heterocycles. The summed E-state index contributed by atoms with van der Waals surface area (Å²) in [6.07, 6.45) is -0.195. The molecule has 0 saturated carbocycles. The largest absolute Gasteiger partial charge is 0.494 e. The molecule has 4 aromatic rings. The van der Waals surface area contributed by atoms with Crippen molar-refractivity contribution < 1.29 is 27.4 Å². The van der Waals surface area contributed by atoms with Crippen LogP contribution in [0.25, 0.3) is 17.3 Å². The first kappa shape index (κ1) is 31.7. The number of para-hydroxylation sites is 1. The highest BCUT2D eigenvalue weighted by molar-refractivity contribution is 7.93. The molecule has 0 amide bonds. The number of aryl methyl sites for hydroxylation is 1. The second-order valence-electron chi connectivity index (χ2n) is 11.2. The van der Waals surface area contributed by atoms with Gasteiger partial charge in [0.05, 0.1) is 25.5 Å². The molecule has 0 saturated heterocycles. The summed E-state index contributed by atoms with van der Waals surface area (Å²) in [6.45, 7) is 9.72. The first-order valence-electron chi connectivity index (χ1n) is 13.6. The lowest BCUT2D eigenvalue weighted by Gasteiger charge is -2.31. The molecule has 0 fully saturated rings. The van der Waals surface area contributed by atoms with Crippen LogP contribution in [0.1, 0.15) is 30.0 Å². The number of hydrogen-bond acceptors (Lipinski definition) is 10. The average Bonchev–Trinajstić information content (AvgIpc) is 3.61. The highest BCUT2D eigenvalue weighted by Gasteiger charge is 2.40. The number of aliphatic hydroxyl groups excluding tert-OH is 1. The predicted molar refractivity (Wildman–Crippen MR) is 165 cm³/mol. The zero-order valence-electron chi connectivity index (χ0n) is 25.3. The minimum atomic E-state index is -4.31. The van der Waals surface area contributed by atoms with Crippen molar-refractivity contribution in [2.24, 2.45) is 0 Å². The fourth-order valence-corrected chi connectivity index (χ4v) is 7.05. The Balaban J connectivity index is 1.95. The van der Waals surface area contributed by atoms with E-state index in [9.17, 15) is 13.5 Å². The Morgan fingerprint density at radius 1 is 1.09 bits per heavy atom. The maximum atomic E-state index is 14.5. The van der Waals surface area contributed by atoms with Crippen molar-refractivity contribution in [3.05, 3.63) is 65.7 Å². The van der Waals surface area contributed by atoms with Gasteiger partial charge in [-0.15, -0.1) is 10.2 Å². The maximum absolute atomic E-state index is 14.5. The van der Waals surface area contributed by atoms with E-state index in [1.54, 1.807) is 41.8 Å². The van der Waals surface area contributed by atoms with Gasteiger partial charge in [0.1, 0.15) is 40.4 Å². The first-order valence-corrected chi connectivity index (χ1v) is 18.8. The van der Waals surface area contributed by atoms with Gasteiger partial charge in [-0.3, -0.25) is 9.55 Å². The zero-order chi connectivity index (χ0) is 31.5. The number of benzene rings is 1. The van der Waals surface area contributed by atoms with Crippen molar-refractivity contribution in [3.63, 3.8) is 0 Å². The topological polar surface area (TPSA) is 157 Å². The third kappa shape index (κ3) is 6.58. The third-order valence-electron chi connectivity index (χ3n) is 6.96. The molecule has 0 aliphatic heterocycles. The van der Waals surface area contributed by atoms with Crippen molar-refractivity contribution in [3.8, 4) is 34.8 Å². The van der Waals surface area contributed by atoms with Crippen molar-refractivity contribution in [2.45, 2.75) is 50.9 Å². The molecule has 0 aliphatic rings. The molecule has 228 valence electrons. The number of nitriles is 1. The summed E-state index contributed by atoms with van der Waals surface area (Å²) in [5.74, 6) is 2.00. The number of hydrogen-bond donors (Lipinski definition) is 1. The standard InChI is InChI=1S/C29H36N6O6SSi/c1-19-11-14-25(41-19)28-32-33-29(35(28)26-23(39-3)9-8-10-24(26)40-4)34(15-16-43(5,6)7)42(37,38)20(2)27(36)22-13-12-21(17-30)18-31-22/h8-14,18,20,27,36H,15-16H2,1-7H3. The van der Waals surface area contributed by atoms with E-state index >= 15 is 0 Å². The molecule has 14 heteroatoms. The molecule has 2 unspecified atom stereocenters. The second-order valence-corrected chi connectivity index (χ2v) is 19.1. The Morgan fingerprint density at radius 3 is 2.28 bits per heavy atom. The summed E-state index contributed by atoms with van der Waals surface area (Å²) in [5.41, 5.74) is 0.800. The van der Waals surface area contributed by atoms with Gasteiger partial charge in [0, 0.05) is 20.8 Å². The van der Waals surface area contributed by atoms with Crippen LogP contribution in [-0.4, -0.2) is 67.4 Å². The second kappa shape index (κ2) is 12.6. The predicted octanol–water partition coefficient (Wildman–Crippen LogP) is 4.72.